The van der Waals surface area contributed by atoms with E-state index < -0.39 is 0 Å². The van der Waals surface area contributed by atoms with Crippen LogP contribution in [-0.4, -0.2) is 30.4 Å². The minimum atomic E-state index is 0.998. The van der Waals surface area contributed by atoms with Crippen molar-refractivity contribution in [3.05, 3.63) is 35.4 Å². The predicted octanol–water partition coefficient (Wildman–Crippen LogP) is 1.50. The van der Waals surface area contributed by atoms with Crippen molar-refractivity contribution in [2.24, 2.45) is 4.99 Å². The number of amidine groups is 1. The third kappa shape index (κ3) is 1.22. The van der Waals surface area contributed by atoms with Gasteiger partial charge in [-0.1, -0.05) is 24.3 Å². The van der Waals surface area contributed by atoms with E-state index in [0.29, 0.717) is 0 Å². The van der Waals surface area contributed by atoms with Gasteiger partial charge in [0.1, 0.15) is 5.84 Å². The summed E-state index contributed by atoms with van der Waals surface area (Å²) in [5.74, 6) is 1.30. The van der Waals surface area contributed by atoms with Gasteiger partial charge in [0.2, 0.25) is 0 Å². The Morgan fingerprint density at radius 2 is 1.93 bits per heavy atom. The highest BCUT2D eigenvalue weighted by atomic mass is 15.2. The fraction of sp³-hybridized carbons (Fsp3) is 0.417. The summed E-state index contributed by atoms with van der Waals surface area (Å²) >= 11 is 0. The van der Waals surface area contributed by atoms with Gasteiger partial charge in [0.15, 0.2) is 0 Å². The molecule has 2 heterocycles. The molecule has 0 aromatic heterocycles. The van der Waals surface area contributed by atoms with Gasteiger partial charge in [-0.25, -0.2) is 0 Å². The summed E-state index contributed by atoms with van der Waals surface area (Å²) in [5, 5.41) is 0. The number of rotatable bonds is 0. The van der Waals surface area contributed by atoms with Gasteiger partial charge >= 0.3 is 0 Å². The maximum atomic E-state index is 4.56. The van der Waals surface area contributed by atoms with Crippen LogP contribution in [-0.2, 0) is 12.8 Å². The average Bonchev–Trinajstić information content (AvgIpc) is 2.58. The molecule has 0 saturated heterocycles. The van der Waals surface area contributed by atoms with E-state index in [-0.39, 0.29) is 0 Å². The molecule has 72 valence electrons. The molecule has 14 heavy (non-hydrogen) atoms. The van der Waals surface area contributed by atoms with E-state index in [1.54, 1.807) is 0 Å². The fourth-order valence-electron chi connectivity index (χ4n) is 2.34. The van der Waals surface area contributed by atoms with Crippen LogP contribution < -0.4 is 0 Å². The molecule has 0 atom stereocenters. The van der Waals surface area contributed by atoms with E-state index in [4.69, 9.17) is 0 Å². The monoisotopic (exact) mass is 186 g/mol. The molecule has 3 rings (SSSR count). The summed E-state index contributed by atoms with van der Waals surface area (Å²) in [5.41, 5.74) is 2.97. The molecule has 2 aliphatic rings. The molecule has 0 bridgehead atoms. The third-order valence-electron chi connectivity index (χ3n) is 3.15. The van der Waals surface area contributed by atoms with Gasteiger partial charge < -0.3 is 4.90 Å². The highest BCUT2D eigenvalue weighted by Gasteiger charge is 2.21. The third-order valence-corrected chi connectivity index (χ3v) is 3.15. The first kappa shape index (κ1) is 8.04. The zero-order chi connectivity index (χ0) is 9.38. The summed E-state index contributed by atoms with van der Waals surface area (Å²) < 4.78 is 0. The molecule has 0 saturated carbocycles. The number of hydrogen-bond donors (Lipinski definition) is 0. The van der Waals surface area contributed by atoms with Crippen LogP contribution in [0.25, 0.3) is 0 Å². The minimum absolute atomic E-state index is 0.998. The van der Waals surface area contributed by atoms with Crippen LogP contribution >= 0.6 is 0 Å². The normalized spacial score (nSPS) is 19.7. The Balaban J connectivity index is 2.00. The van der Waals surface area contributed by atoms with E-state index >= 15 is 0 Å². The van der Waals surface area contributed by atoms with Gasteiger partial charge in [-0.2, -0.15) is 0 Å². The van der Waals surface area contributed by atoms with Crippen LogP contribution in [0.1, 0.15) is 11.1 Å². The Morgan fingerprint density at radius 1 is 1.07 bits per heavy atom. The maximum Gasteiger partial charge on any atom is 0.103 e. The van der Waals surface area contributed by atoms with Crippen LogP contribution in [0.15, 0.2) is 29.3 Å². The van der Waals surface area contributed by atoms with Crippen molar-refractivity contribution in [2.45, 2.75) is 12.8 Å². The Hall–Kier alpha value is -1.31. The van der Waals surface area contributed by atoms with Crippen molar-refractivity contribution in [3.63, 3.8) is 0 Å². The molecule has 0 spiro atoms. The summed E-state index contributed by atoms with van der Waals surface area (Å²) in [6, 6.07) is 8.75. The summed E-state index contributed by atoms with van der Waals surface area (Å²) in [4.78, 5) is 6.99. The van der Waals surface area contributed by atoms with Gasteiger partial charge in [-0.3, -0.25) is 4.99 Å². The van der Waals surface area contributed by atoms with Gasteiger partial charge in [0.05, 0.1) is 6.54 Å². The molecule has 0 aliphatic carbocycles. The number of fused-ring (bicyclic) bond motifs is 2. The lowest BCUT2D eigenvalue weighted by Gasteiger charge is -2.16. The van der Waals surface area contributed by atoms with Crippen LogP contribution in [0, 0.1) is 0 Å². The van der Waals surface area contributed by atoms with Crippen LogP contribution in [0.5, 0.6) is 0 Å². The van der Waals surface area contributed by atoms with Gasteiger partial charge in [-0.15, -0.1) is 0 Å². The molecule has 2 heteroatoms. The second-order valence-corrected chi connectivity index (χ2v) is 3.98. The Labute approximate surface area is 84.3 Å². The van der Waals surface area contributed by atoms with Gasteiger partial charge in [-0.05, 0) is 17.5 Å². The van der Waals surface area contributed by atoms with Crippen molar-refractivity contribution >= 4 is 5.84 Å². The second-order valence-electron chi connectivity index (χ2n) is 3.98. The Bertz CT molecular complexity index is 382. The van der Waals surface area contributed by atoms with Crippen molar-refractivity contribution in [1.29, 1.82) is 0 Å². The zero-order valence-corrected chi connectivity index (χ0v) is 8.24. The second kappa shape index (κ2) is 3.12. The molecular formula is C12H14N2. The highest BCUT2D eigenvalue weighted by molar-refractivity contribution is 5.86. The molecule has 0 unspecified atom stereocenters. The zero-order valence-electron chi connectivity index (χ0n) is 8.24. The van der Waals surface area contributed by atoms with Crippen molar-refractivity contribution in [3.8, 4) is 0 Å². The summed E-state index contributed by atoms with van der Waals surface area (Å²) in [6.07, 6.45) is 2.21. The molecule has 0 amide bonds. The minimum Gasteiger partial charge on any atom is -0.358 e. The number of nitrogens with zero attached hydrogens (tertiary/aromatic N) is 2. The van der Waals surface area contributed by atoms with Crippen molar-refractivity contribution in [1.82, 2.24) is 4.90 Å². The van der Waals surface area contributed by atoms with E-state index in [2.05, 4.69) is 34.2 Å². The van der Waals surface area contributed by atoms with Gasteiger partial charge in [0.25, 0.3) is 0 Å². The molecule has 2 nitrogen and oxygen atoms in total. The highest BCUT2D eigenvalue weighted by Crippen LogP contribution is 2.18. The fourth-order valence-corrected chi connectivity index (χ4v) is 2.34. The first-order valence-electron chi connectivity index (χ1n) is 5.28. The lowest BCUT2D eigenvalue weighted by Crippen LogP contribution is -2.28. The number of hydrogen-bond acceptors (Lipinski definition) is 2. The molecule has 1 aromatic carbocycles. The molecular weight excluding hydrogens is 172 g/mol. The quantitative estimate of drug-likeness (QED) is 0.599. The largest absolute Gasteiger partial charge is 0.358 e. The van der Waals surface area contributed by atoms with Crippen LogP contribution in [0.3, 0.4) is 0 Å². The average molecular weight is 186 g/mol. The smallest absolute Gasteiger partial charge is 0.103 e. The van der Waals surface area contributed by atoms with Gasteiger partial charge in [0, 0.05) is 19.5 Å². The molecule has 0 radical (unpaired) electrons. The Morgan fingerprint density at radius 3 is 2.86 bits per heavy atom. The van der Waals surface area contributed by atoms with E-state index in [0.717, 1.165) is 26.1 Å². The number of aliphatic imine (C=N–C) groups is 1. The standard InChI is InChI=1S/C12H14N2/c1-2-4-11-9-12-13-6-8-14(12)7-5-10(11)3-1/h1-4H,5-9H2. The van der Waals surface area contributed by atoms with E-state index in [1.807, 2.05) is 0 Å². The predicted molar refractivity (Wildman–Crippen MR) is 57.7 cm³/mol. The molecule has 0 N–H and O–H groups in total. The first-order chi connectivity index (χ1) is 6.93. The van der Waals surface area contributed by atoms with E-state index in [1.165, 1.54) is 23.4 Å². The lowest BCUT2D eigenvalue weighted by molar-refractivity contribution is 0.461. The Kier molecular flexibility index (Phi) is 1.79. The van der Waals surface area contributed by atoms with E-state index in [9.17, 15) is 0 Å². The molecule has 2 aliphatic heterocycles. The maximum absolute atomic E-state index is 4.56. The SMILES string of the molecule is c1ccc2c(c1)CCN1CCN=C1C2. The summed E-state index contributed by atoms with van der Waals surface area (Å²) in [6.45, 7) is 3.27. The van der Waals surface area contributed by atoms with Crippen molar-refractivity contribution < 1.29 is 0 Å². The van der Waals surface area contributed by atoms with Crippen LogP contribution in [0.4, 0.5) is 0 Å². The topological polar surface area (TPSA) is 15.6 Å². The van der Waals surface area contributed by atoms with Crippen molar-refractivity contribution in [2.75, 3.05) is 19.6 Å². The molecule has 1 aromatic rings. The summed E-state index contributed by atoms with van der Waals surface area (Å²) in [7, 11) is 0. The number of benzene rings is 1. The first-order valence-corrected chi connectivity index (χ1v) is 5.28. The lowest BCUT2D eigenvalue weighted by atomic mass is 10.0. The van der Waals surface area contributed by atoms with Crippen LogP contribution in [0.2, 0.25) is 0 Å². The molecule has 0 fully saturated rings.